The molecule has 1 aromatic rings. The first-order chi connectivity index (χ1) is 9.32. The van der Waals surface area contributed by atoms with E-state index in [9.17, 15) is 9.59 Å². The molecule has 20 heavy (non-hydrogen) atoms. The highest BCUT2D eigenvalue weighted by molar-refractivity contribution is 6.31. The molecule has 2 unspecified atom stereocenters. The summed E-state index contributed by atoms with van der Waals surface area (Å²) in [4.78, 5) is 23.4. The van der Waals surface area contributed by atoms with Crippen LogP contribution in [0.4, 0.5) is 0 Å². The molecular formula is C15H21ClN2O2. The van der Waals surface area contributed by atoms with E-state index >= 15 is 0 Å². The zero-order valence-electron chi connectivity index (χ0n) is 12.2. The molecule has 0 fully saturated rings. The van der Waals surface area contributed by atoms with Crippen molar-refractivity contribution in [3.8, 4) is 0 Å². The Morgan fingerprint density at radius 2 is 1.70 bits per heavy atom. The van der Waals surface area contributed by atoms with Crippen LogP contribution in [0.2, 0.25) is 5.02 Å². The lowest BCUT2D eigenvalue weighted by Gasteiger charge is -2.24. The predicted octanol–water partition coefficient (Wildman–Crippen LogP) is 2.68. The molecule has 5 heteroatoms. The number of benzene rings is 1. The van der Waals surface area contributed by atoms with Crippen LogP contribution in [0, 0.1) is 5.92 Å². The van der Waals surface area contributed by atoms with E-state index in [0.29, 0.717) is 5.02 Å². The summed E-state index contributed by atoms with van der Waals surface area (Å²) in [6, 6.07) is 6.61. The summed E-state index contributed by atoms with van der Waals surface area (Å²) in [5.74, 6) is -0.413. The molecule has 2 atom stereocenters. The maximum absolute atomic E-state index is 12.2. The van der Waals surface area contributed by atoms with Gasteiger partial charge in [-0.2, -0.15) is 0 Å². The van der Waals surface area contributed by atoms with Crippen LogP contribution in [0.3, 0.4) is 0 Å². The van der Waals surface area contributed by atoms with Crippen LogP contribution >= 0.6 is 11.6 Å². The number of halogens is 1. The summed E-state index contributed by atoms with van der Waals surface area (Å²) in [7, 11) is 0. The minimum Gasteiger partial charge on any atom is -0.348 e. The lowest BCUT2D eigenvalue weighted by Crippen LogP contribution is -2.49. The Bertz CT molecular complexity index is 489. The number of amides is 2. The van der Waals surface area contributed by atoms with Crippen LogP contribution in [-0.4, -0.2) is 17.9 Å². The highest BCUT2D eigenvalue weighted by Gasteiger charge is 2.24. The van der Waals surface area contributed by atoms with Crippen LogP contribution in [0.15, 0.2) is 24.3 Å². The second-order valence-electron chi connectivity index (χ2n) is 5.17. The molecule has 0 aliphatic carbocycles. The number of carbonyl (C=O) groups excluding carboxylic acids is 2. The molecule has 0 bridgehead atoms. The maximum atomic E-state index is 12.2. The van der Waals surface area contributed by atoms with Gasteiger partial charge in [0, 0.05) is 11.9 Å². The monoisotopic (exact) mass is 296 g/mol. The van der Waals surface area contributed by atoms with E-state index in [1.807, 2.05) is 39.0 Å². The molecule has 4 nitrogen and oxygen atoms in total. The van der Waals surface area contributed by atoms with E-state index in [1.54, 1.807) is 6.07 Å². The summed E-state index contributed by atoms with van der Waals surface area (Å²) < 4.78 is 0. The second-order valence-corrected chi connectivity index (χ2v) is 5.58. The quantitative estimate of drug-likeness (QED) is 0.877. The first kappa shape index (κ1) is 16.5. The molecule has 0 radical (unpaired) electrons. The van der Waals surface area contributed by atoms with Crippen molar-refractivity contribution in [2.45, 2.75) is 39.8 Å². The van der Waals surface area contributed by atoms with E-state index in [1.165, 1.54) is 6.92 Å². The number of hydrogen-bond acceptors (Lipinski definition) is 2. The molecule has 2 amide bonds. The van der Waals surface area contributed by atoms with Crippen molar-refractivity contribution in [2.75, 3.05) is 0 Å². The van der Waals surface area contributed by atoms with Crippen LogP contribution in [-0.2, 0) is 9.59 Å². The van der Waals surface area contributed by atoms with Crippen molar-refractivity contribution in [3.63, 3.8) is 0 Å². The number of hydrogen-bond donors (Lipinski definition) is 2. The summed E-state index contributed by atoms with van der Waals surface area (Å²) in [6.07, 6.45) is 0. The Balaban J connectivity index is 2.78. The third kappa shape index (κ3) is 4.53. The zero-order valence-corrected chi connectivity index (χ0v) is 13.0. The zero-order chi connectivity index (χ0) is 15.3. The van der Waals surface area contributed by atoms with Gasteiger partial charge >= 0.3 is 0 Å². The van der Waals surface area contributed by atoms with Crippen LogP contribution in [0.5, 0.6) is 0 Å². The van der Waals surface area contributed by atoms with Gasteiger partial charge in [-0.05, 0) is 24.5 Å². The van der Waals surface area contributed by atoms with Gasteiger partial charge in [-0.3, -0.25) is 9.59 Å². The first-order valence-corrected chi connectivity index (χ1v) is 7.02. The van der Waals surface area contributed by atoms with E-state index < -0.39 is 6.04 Å². The third-order valence-electron chi connectivity index (χ3n) is 3.04. The summed E-state index contributed by atoms with van der Waals surface area (Å²) in [6.45, 7) is 7.05. The molecule has 2 N–H and O–H groups in total. The van der Waals surface area contributed by atoms with Crippen LogP contribution in [0.1, 0.15) is 39.3 Å². The molecule has 0 saturated carbocycles. The number of carbonyl (C=O) groups is 2. The molecule has 1 aromatic carbocycles. The van der Waals surface area contributed by atoms with E-state index in [4.69, 9.17) is 11.6 Å². The fraction of sp³-hybridized carbons (Fsp3) is 0.467. The lowest BCUT2D eigenvalue weighted by molar-refractivity contribution is -0.129. The standard InChI is InChI=1S/C15H21ClN2O2/c1-9(2)14(18-11(4)19)15(20)17-10(3)12-7-5-6-8-13(12)16/h5-10,14H,1-4H3,(H,17,20)(H,18,19). The fourth-order valence-corrected chi connectivity index (χ4v) is 2.26. The maximum Gasteiger partial charge on any atom is 0.243 e. The highest BCUT2D eigenvalue weighted by Crippen LogP contribution is 2.22. The van der Waals surface area contributed by atoms with Gasteiger partial charge in [0.15, 0.2) is 0 Å². The van der Waals surface area contributed by atoms with Crippen molar-refractivity contribution in [1.82, 2.24) is 10.6 Å². The molecule has 1 rings (SSSR count). The molecule has 110 valence electrons. The fourth-order valence-electron chi connectivity index (χ4n) is 1.96. The largest absolute Gasteiger partial charge is 0.348 e. The summed E-state index contributed by atoms with van der Waals surface area (Å²) in [5, 5.41) is 6.16. The Morgan fingerprint density at radius 1 is 1.10 bits per heavy atom. The molecule has 0 spiro atoms. The Hall–Kier alpha value is -1.55. The SMILES string of the molecule is CC(=O)NC(C(=O)NC(C)c1ccccc1Cl)C(C)C. The Morgan fingerprint density at radius 3 is 2.20 bits per heavy atom. The lowest BCUT2D eigenvalue weighted by atomic mass is 10.0. The normalized spacial score (nSPS) is 13.7. The third-order valence-corrected chi connectivity index (χ3v) is 3.38. The molecule has 0 aliphatic heterocycles. The predicted molar refractivity (Wildman–Crippen MR) is 80.5 cm³/mol. The summed E-state index contributed by atoms with van der Waals surface area (Å²) in [5.41, 5.74) is 0.854. The van der Waals surface area contributed by atoms with E-state index in [2.05, 4.69) is 10.6 Å². The number of nitrogens with one attached hydrogen (secondary N) is 2. The average molecular weight is 297 g/mol. The van der Waals surface area contributed by atoms with Crippen molar-refractivity contribution in [3.05, 3.63) is 34.9 Å². The number of rotatable bonds is 5. The van der Waals surface area contributed by atoms with Crippen molar-refractivity contribution in [2.24, 2.45) is 5.92 Å². The van der Waals surface area contributed by atoms with Gasteiger partial charge in [-0.15, -0.1) is 0 Å². The van der Waals surface area contributed by atoms with E-state index in [0.717, 1.165) is 5.56 Å². The minimum absolute atomic E-state index is 0.0114. The van der Waals surface area contributed by atoms with Crippen molar-refractivity contribution < 1.29 is 9.59 Å². The smallest absolute Gasteiger partial charge is 0.243 e. The summed E-state index contributed by atoms with van der Waals surface area (Å²) >= 11 is 6.11. The van der Waals surface area contributed by atoms with Gasteiger partial charge in [0.05, 0.1) is 6.04 Å². The molecule has 0 aliphatic rings. The van der Waals surface area contributed by atoms with Crippen LogP contribution < -0.4 is 10.6 Å². The van der Waals surface area contributed by atoms with E-state index in [-0.39, 0.29) is 23.8 Å². The van der Waals surface area contributed by atoms with Gasteiger partial charge in [0.25, 0.3) is 0 Å². The molecule has 0 aromatic heterocycles. The van der Waals surface area contributed by atoms with Gasteiger partial charge in [-0.25, -0.2) is 0 Å². The van der Waals surface area contributed by atoms with Crippen molar-refractivity contribution in [1.29, 1.82) is 0 Å². The molecular weight excluding hydrogens is 276 g/mol. The van der Waals surface area contributed by atoms with Crippen LogP contribution in [0.25, 0.3) is 0 Å². The van der Waals surface area contributed by atoms with Gasteiger partial charge in [0.2, 0.25) is 11.8 Å². The second kappa shape index (κ2) is 7.29. The van der Waals surface area contributed by atoms with Gasteiger partial charge in [-0.1, -0.05) is 43.6 Å². The first-order valence-electron chi connectivity index (χ1n) is 6.64. The Kier molecular flexibility index (Phi) is 6.02. The topological polar surface area (TPSA) is 58.2 Å². The molecule has 0 heterocycles. The van der Waals surface area contributed by atoms with Crippen molar-refractivity contribution >= 4 is 23.4 Å². The minimum atomic E-state index is -0.544. The Labute approximate surface area is 124 Å². The molecule has 0 saturated heterocycles. The van der Waals surface area contributed by atoms with Gasteiger partial charge < -0.3 is 10.6 Å². The van der Waals surface area contributed by atoms with Gasteiger partial charge in [0.1, 0.15) is 6.04 Å². The highest BCUT2D eigenvalue weighted by atomic mass is 35.5. The average Bonchev–Trinajstić information content (AvgIpc) is 2.35.